The molecule has 158 valence electrons. The van der Waals surface area contributed by atoms with Crippen LogP contribution in [0.2, 0.25) is 0 Å². The van der Waals surface area contributed by atoms with Crippen LogP contribution in [0, 0.1) is 0 Å². The summed E-state index contributed by atoms with van der Waals surface area (Å²) in [6, 6.07) is 12.4. The van der Waals surface area contributed by atoms with E-state index in [1.807, 2.05) is 24.5 Å². The molecule has 0 N–H and O–H groups in total. The van der Waals surface area contributed by atoms with Crippen LogP contribution in [0.4, 0.5) is 5.69 Å². The average Bonchev–Trinajstić information content (AvgIpc) is 2.88. The van der Waals surface area contributed by atoms with E-state index >= 15 is 0 Å². The number of para-hydroxylation sites is 1. The topological polar surface area (TPSA) is 94.5 Å². The van der Waals surface area contributed by atoms with Crippen molar-refractivity contribution in [3.8, 4) is 22.9 Å². The average molecular weight is 501 g/mol. The number of hydrogen-bond acceptors (Lipinski definition) is 8. The van der Waals surface area contributed by atoms with E-state index in [0.717, 1.165) is 4.47 Å². The highest BCUT2D eigenvalue weighted by Gasteiger charge is 2.36. The number of benzene rings is 2. The summed E-state index contributed by atoms with van der Waals surface area (Å²) >= 11 is 4.78. The Kier molecular flexibility index (Phi) is 5.92. The Morgan fingerprint density at radius 1 is 1.16 bits per heavy atom. The molecule has 1 atom stereocenters. The van der Waals surface area contributed by atoms with Crippen molar-refractivity contribution in [3.63, 3.8) is 0 Å². The minimum Gasteiger partial charge on any atom is -0.447 e. The van der Waals surface area contributed by atoms with Crippen molar-refractivity contribution in [1.29, 1.82) is 0 Å². The first-order valence-electron chi connectivity index (χ1n) is 9.21. The van der Waals surface area contributed by atoms with Crippen molar-refractivity contribution < 1.29 is 19.1 Å². The summed E-state index contributed by atoms with van der Waals surface area (Å²) in [5.41, 5.74) is 2.14. The molecule has 1 aliphatic heterocycles. The van der Waals surface area contributed by atoms with Crippen molar-refractivity contribution >= 4 is 45.3 Å². The number of fused-ring (bicyclic) bond motifs is 3. The first-order chi connectivity index (χ1) is 14.9. The van der Waals surface area contributed by atoms with Gasteiger partial charge in [0.05, 0.1) is 11.3 Å². The first kappa shape index (κ1) is 21.3. The number of ether oxygens (including phenoxy) is 2. The normalized spacial score (nSPS) is 14.7. The fourth-order valence-electron chi connectivity index (χ4n) is 3.30. The lowest BCUT2D eigenvalue weighted by Crippen LogP contribution is -2.36. The van der Waals surface area contributed by atoms with E-state index in [1.165, 1.54) is 30.5 Å². The van der Waals surface area contributed by atoms with E-state index in [4.69, 9.17) is 9.47 Å². The number of nitrogens with zero attached hydrogens (tertiary/aromatic N) is 4. The van der Waals surface area contributed by atoms with Crippen molar-refractivity contribution in [2.24, 2.45) is 0 Å². The van der Waals surface area contributed by atoms with Gasteiger partial charge < -0.3 is 9.47 Å². The molecule has 2 heterocycles. The quantitative estimate of drug-likeness (QED) is 0.296. The van der Waals surface area contributed by atoms with E-state index in [0.29, 0.717) is 27.7 Å². The third-order valence-electron chi connectivity index (χ3n) is 4.53. The van der Waals surface area contributed by atoms with Crippen LogP contribution >= 0.6 is 27.7 Å². The van der Waals surface area contributed by atoms with Crippen molar-refractivity contribution in [3.05, 3.63) is 52.5 Å². The SMILES string of the molecule is CSc1nnc2c(n1)O[C@@H](c1cc(Br)ccc1OC(C)=O)N(C(C)=O)c1ccccc1-2. The van der Waals surface area contributed by atoms with Gasteiger partial charge in [-0.1, -0.05) is 45.9 Å². The number of halogens is 1. The van der Waals surface area contributed by atoms with E-state index < -0.39 is 12.2 Å². The molecule has 8 nitrogen and oxygen atoms in total. The van der Waals surface area contributed by atoms with E-state index in [-0.39, 0.29) is 17.5 Å². The smallest absolute Gasteiger partial charge is 0.308 e. The number of carbonyl (C=O) groups excluding carboxylic acids is 2. The second-order valence-corrected chi connectivity index (χ2v) is 8.29. The lowest BCUT2D eigenvalue weighted by Gasteiger charge is -2.30. The predicted octanol–water partition coefficient (Wildman–Crippen LogP) is 4.39. The van der Waals surface area contributed by atoms with Gasteiger partial charge >= 0.3 is 5.97 Å². The molecule has 10 heteroatoms. The summed E-state index contributed by atoms with van der Waals surface area (Å²) in [6.07, 6.45) is 0.874. The standard InChI is InChI=1S/C21H17BrN4O4S/c1-11(27)26-16-7-5-4-6-14(16)18-19(23-21(31-3)25-24-18)30-20(26)15-10-13(22)8-9-17(15)29-12(2)28/h4-10,20H,1-3H3/t20-/m0/s1. The molecule has 0 bridgehead atoms. The van der Waals surface area contributed by atoms with Gasteiger partial charge in [-0.2, -0.15) is 4.98 Å². The molecule has 0 saturated carbocycles. The zero-order valence-electron chi connectivity index (χ0n) is 16.8. The summed E-state index contributed by atoms with van der Waals surface area (Å²) in [6.45, 7) is 2.76. The van der Waals surface area contributed by atoms with Crippen LogP contribution < -0.4 is 14.4 Å². The molecule has 1 amide bonds. The second kappa shape index (κ2) is 8.64. The highest BCUT2D eigenvalue weighted by Crippen LogP contribution is 2.45. The Morgan fingerprint density at radius 2 is 1.94 bits per heavy atom. The molecule has 1 aliphatic rings. The highest BCUT2D eigenvalue weighted by molar-refractivity contribution is 9.10. The number of amides is 1. The molecule has 3 aromatic rings. The van der Waals surface area contributed by atoms with Crippen LogP contribution in [0.1, 0.15) is 25.6 Å². The Bertz CT molecular complexity index is 1190. The van der Waals surface area contributed by atoms with Crippen molar-refractivity contribution in [2.45, 2.75) is 25.2 Å². The van der Waals surface area contributed by atoms with Gasteiger partial charge in [-0.05, 0) is 30.5 Å². The number of carbonyl (C=O) groups is 2. The lowest BCUT2D eigenvalue weighted by molar-refractivity contribution is -0.132. The fraction of sp³-hybridized carbons (Fsp3) is 0.190. The zero-order chi connectivity index (χ0) is 22.1. The summed E-state index contributed by atoms with van der Waals surface area (Å²) in [4.78, 5) is 30.5. The van der Waals surface area contributed by atoms with Crippen LogP contribution in [-0.2, 0) is 9.59 Å². The third-order valence-corrected chi connectivity index (χ3v) is 5.56. The minimum atomic E-state index is -0.960. The van der Waals surface area contributed by atoms with Crippen LogP contribution in [-0.4, -0.2) is 33.3 Å². The molecule has 31 heavy (non-hydrogen) atoms. The van der Waals surface area contributed by atoms with Gasteiger partial charge in [0.1, 0.15) is 5.75 Å². The van der Waals surface area contributed by atoms with Crippen LogP contribution in [0.5, 0.6) is 11.6 Å². The molecule has 4 rings (SSSR count). The number of rotatable bonds is 3. The number of anilines is 1. The maximum atomic E-state index is 12.9. The van der Waals surface area contributed by atoms with E-state index in [9.17, 15) is 9.59 Å². The summed E-state index contributed by atoms with van der Waals surface area (Å²) in [5.74, 6) is -0.243. The van der Waals surface area contributed by atoms with Crippen molar-refractivity contribution in [2.75, 3.05) is 11.2 Å². The molecular formula is C21H17BrN4O4S. The molecule has 0 aliphatic carbocycles. The number of aromatic nitrogens is 3. The monoisotopic (exact) mass is 500 g/mol. The largest absolute Gasteiger partial charge is 0.447 e. The summed E-state index contributed by atoms with van der Waals surface area (Å²) in [7, 11) is 0. The molecule has 0 fully saturated rings. The Hall–Kier alpha value is -2.98. The Balaban J connectivity index is 1.99. The predicted molar refractivity (Wildman–Crippen MR) is 119 cm³/mol. The maximum Gasteiger partial charge on any atom is 0.308 e. The number of hydrogen-bond donors (Lipinski definition) is 0. The zero-order valence-corrected chi connectivity index (χ0v) is 19.2. The van der Waals surface area contributed by atoms with Gasteiger partial charge in [0.15, 0.2) is 5.69 Å². The molecule has 2 aromatic carbocycles. The molecule has 1 aromatic heterocycles. The van der Waals surface area contributed by atoms with Gasteiger partial charge in [0.2, 0.25) is 23.2 Å². The van der Waals surface area contributed by atoms with Crippen LogP contribution in [0.3, 0.4) is 0 Å². The van der Waals surface area contributed by atoms with Crippen LogP contribution in [0.15, 0.2) is 52.1 Å². The van der Waals surface area contributed by atoms with Crippen LogP contribution in [0.25, 0.3) is 11.3 Å². The Morgan fingerprint density at radius 3 is 2.65 bits per heavy atom. The maximum absolute atomic E-state index is 12.9. The first-order valence-corrected chi connectivity index (χ1v) is 11.2. The van der Waals surface area contributed by atoms with E-state index in [2.05, 4.69) is 31.1 Å². The summed E-state index contributed by atoms with van der Waals surface area (Å²) in [5, 5.41) is 8.87. The van der Waals surface area contributed by atoms with Gasteiger partial charge in [-0.3, -0.25) is 14.5 Å². The number of esters is 1. The molecular weight excluding hydrogens is 484 g/mol. The van der Waals surface area contributed by atoms with Gasteiger partial charge in [-0.15, -0.1) is 10.2 Å². The molecule has 0 unspecified atom stereocenters. The Labute approximate surface area is 191 Å². The van der Waals surface area contributed by atoms with E-state index in [1.54, 1.807) is 24.3 Å². The molecule has 0 radical (unpaired) electrons. The number of thioether (sulfide) groups is 1. The summed E-state index contributed by atoms with van der Waals surface area (Å²) < 4.78 is 12.4. The van der Waals surface area contributed by atoms with Gasteiger partial charge in [0, 0.05) is 23.9 Å². The molecule has 0 spiro atoms. The van der Waals surface area contributed by atoms with Gasteiger partial charge in [0.25, 0.3) is 0 Å². The van der Waals surface area contributed by atoms with Crippen molar-refractivity contribution in [1.82, 2.24) is 15.2 Å². The highest BCUT2D eigenvalue weighted by atomic mass is 79.9. The fourth-order valence-corrected chi connectivity index (χ4v) is 3.98. The minimum absolute atomic E-state index is 0.231. The van der Waals surface area contributed by atoms with Gasteiger partial charge in [-0.25, -0.2) is 0 Å². The third kappa shape index (κ3) is 4.13. The second-order valence-electron chi connectivity index (χ2n) is 6.60. The molecule has 0 saturated heterocycles. The lowest BCUT2D eigenvalue weighted by atomic mass is 10.1.